The molecule has 0 spiro atoms. The summed E-state index contributed by atoms with van der Waals surface area (Å²) < 4.78 is 1.97. The summed E-state index contributed by atoms with van der Waals surface area (Å²) in [6, 6.07) is 5.63. The molecule has 0 atom stereocenters. The van der Waals surface area contributed by atoms with Gasteiger partial charge in [0.1, 0.15) is 4.88 Å². The molecule has 0 unspecified atom stereocenters. The minimum Gasteiger partial charge on any atom is -0.477 e. The van der Waals surface area contributed by atoms with Gasteiger partial charge in [0.25, 0.3) is 0 Å². The maximum absolute atomic E-state index is 10.8. The van der Waals surface area contributed by atoms with Crippen LogP contribution in [0.3, 0.4) is 0 Å². The molecule has 96 valence electrons. The number of thiophene rings is 1. The lowest BCUT2D eigenvalue weighted by atomic mass is 10.2. The molecule has 0 bridgehead atoms. The van der Waals surface area contributed by atoms with Crippen LogP contribution in [0.25, 0.3) is 0 Å². The molecule has 0 amide bonds. The van der Waals surface area contributed by atoms with Crippen molar-refractivity contribution in [2.75, 3.05) is 0 Å². The summed E-state index contributed by atoms with van der Waals surface area (Å²) >= 11 is 1.31. The van der Waals surface area contributed by atoms with E-state index in [1.807, 2.05) is 10.7 Å². The van der Waals surface area contributed by atoms with Crippen LogP contribution >= 0.6 is 11.3 Å². The van der Waals surface area contributed by atoms with Gasteiger partial charge in [-0.3, -0.25) is 4.68 Å². The van der Waals surface area contributed by atoms with Crippen LogP contribution in [-0.4, -0.2) is 20.9 Å². The van der Waals surface area contributed by atoms with Crippen LogP contribution in [0, 0.1) is 0 Å². The molecule has 2 aromatic rings. The van der Waals surface area contributed by atoms with E-state index in [0.717, 1.165) is 23.4 Å². The van der Waals surface area contributed by atoms with Crippen LogP contribution in [0.4, 0.5) is 0 Å². The highest BCUT2D eigenvalue weighted by Gasteiger charge is 2.10. The Hall–Kier alpha value is -1.62. The van der Waals surface area contributed by atoms with Crippen molar-refractivity contribution in [1.29, 1.82) is 0 Å². The van der Waals surface area contributed by atoms with E-state index in [4.69, 9.17) is 5.11 Å². The number of hydrogen-bond acceptors (Lipinski definition) is 3. The smallest absolute Gasteiger partial charge is 0.345 e. The summed E-state index contributed by atoms with van der Waals surface area (Å²) in [6.07, 6.45) is 1.86. The largest absolute Gasteiger partial charge is 0.477 e. The SMILES string of the molecule is CCc1cc(CC)n(Cc2ccc(C(=O)O)s2)n1. The first-order valence-electron chi connectivity index (χ1n) is 6.01. The van der Waals surface area contributed by atoms with Crippen molar-refractivity contribution < 1.29 is 9.90 Å². The molecule has 2 rings (SSSR count). The quantitative estimate of drug-likeness (QED) is 0.903. The first kappa shape index (κ1) is 12.8. The number of aromatic carboxylic acids is 1. The molecule has 0 aliphatic rings. The Morgan fingerprint density at radius 1 is 1.39 bits per heavy atom. The van der Waals surface area contributed by atoms with E-state index >= 15 is 0 Å². The summed E-state index contributed by atoms with van der Waals surface area (Å²) in [4.78, 5) is 12.2. The minimum atomic E-state index is -0.864. The zero-order valence-electron chi connectivity index (χ0n) is 10.5. The van der Waals surface area contributed by atoms with Gasteiger partial charge in [0.15, 0.2) is 0 Å². The van der Waals surface area contributed by atoms with Gasteiger partial charge in [-0.25, -0.2) is 4.79 Å². The average Bonchev–Trinajstić information content (AvgIpc) is 2.96. The van der Waals surface area contributed by atoms with Crippen molar-refractivity contribution in [3.63, 3.8) is 0 Å². The minimum absolute atomic E-state index is 0.380. The van der Waals surface area contributed by atoms with Crippen LogP contribution in [0.2, 0.25) is 0 Å². The fourth-order valence-electron chi connectivity index (χ4n) is 1.83. The Bertz CT molecular complexity index is 557. The van der Waals surface area contributed by atoms with Gasteiger partial charge in [-0.15, -0.1) is 11.3 Å². The van der Waals surface area contributed by atoms with Gasteiger partial charge in [-0.2, -0.15) is 5.10 Å². The summed E-state index contributed by atoms with van der Waals surface area (Å²) in [5.74, 6) is -0.864. The van der Waals surface area contributed by atoms with Crippen molar-refractivity contribution in [3.05, 3.63) is 39.3 Å². The number of aryl methyl sites for hydroxylation is 2. The van der Waals surface area contributed by atoms with Crippen molar-refractivity contribution in [1.82, 2.24) is 9.78 Å². The van der Waals surface area contributed by atoms with Crippen LogP contribution in [0.5, 0.6) is 0 Å². The van der Waals surface area contributed by atoms with E-state index in [2.05, 4.69) is 25.0 Å². The Morgan fingerprint density at radius 2 is 2.17 bits per heavy atom. The van der Waals surface area contributed by atoms with Crippen molar-refractivity contribution in [3.8, 4) is 0 Å². The molecule has 0 fully saturated rings. The van der Waals surface area contributed by atoms with Gasteiger partial charge in [-0.1, -0.05) is 13.8 Å². The number of rotatable bonds is 5. The van der Waals surface area contributed by atoms with E-state index in [9.17, 15) is 4.79 Å². The number of nitrogens with zero attached hydrogens (tertiary/aromatic N) is 2. The molecule has 0 saturated carbocycles. The first-order chi connectivity index (χ1) is 8.63. The molecule has 5 heteroatoms. The molecule has 0 aliphatic heterocycles. The van der Waals surface area contributed by atoms with Gasteiger partial charge in [0.2, 0.25) is 0 Å². The Morgan fingerprint density at radius 3 is 2.72 bits per heavy atom. The van der Waals surface area contributed by atoms with E-state index < -0.39 is 5.97 Å². The third kappa shape index (κ3) is 2.61. The topological polar surface area (TPSA) is 55.1 Å². The third-order valence-corrected chi connectivity index (χ3v) is 3.87. The Balaban J connectivity index is 2.21. The normalized spacial score (nSPS) is 10.8. The second-order valence-electron chi connectivity index (χ2n) is 4.06. The summed E-state index contributed by atoms with van der Waals surface area (Å²) in [6.45, 7) is 4.84. The van der Waals surface area contributed by atoms with Crippen molar-refractivity contribution in [2.45, 2.75) is 33.2 Å². The lowest BCUT2D eigenvalue weighted by molar-refractivity contribution is 0.0702. The van der Waals surface area contributed by atoms with Crippen LogP contribution in [-0.2, 0) is 19.4 Å². The van der Waals surface area contributed by atoms with E-state index in [1.54, 1.807) is 6.07 Å². The predicted octanol–water partition coefficient (Wildman–Crippen LogP) is 2.82. The number of carboxylic acid groups (broad SMARTS) is 1. The highest BCUT2D eigenvalue weighted by Crippen LogP contribution is 2.18. The van der Waals surface area contributed by atoms with E-state index in [-0.39, 0.29) is 0 Å². The number of hydrogen-bond donors (Lipinski definition) is 1. The zero-order chi connectivity index (χ0) is 13.1. The second-order valence-corrected chi connectivity index (χ2v) is 5.23. The Labute approximate surface area is 110 Å². The molecule has 18 heavy (non-hydrogen) atoms. The number of aromatic nitrogens is 2. The van der Waals surface area contributed by atoms with Crippen LogP contribution < -0.4 is 0 Å². The lowest BCUT2D eigenvalue weighted by Gasteiger charge is -2.03. The number of carbonyl (C=O) groups is 1. The highest BCUT2D eigenvalue weighted by atomic mass is 32.1. The molecule has 0 radical (unpaired) electrons. The fourth-order valence-corrected chi connectivity index (χ4v) is 2.66. The monoisotopic (exact) mass is 264 g/mol. The van der Waals surface area contributed by atoms with Gasteiger partial charge in [0.05, 0.1) is 12.2 Å². The molecule has 0 aliphatic carbocycles. The number of carboxylic acids is 1. The summed E-state index contributed by atoms with van der Waals surface area (Å²) in [7, 11) is 0. The maximum atomic E-state index is 10.8. The molecule has 0 aromatic carbocycles. The van der Waals surface area contributed by atoms with E-state index in [1.165, 1.54) is 17.0 Å². The molecule has 2 heterocycles. The standard InChI is InChI=1S/C13H16N2O2S/c1-3-9-7-10(4-2)15(14-9)8-11-5-6-12(18-11)13(16)17/h5-7H,3-4,8H2,1-2H3,(H,16,17). The molecular formula is C13H16N2O2S. The maximum Gasteiger partial charge on any atom is 0.345 e. The van der Waals surface area contributed by atoms with E-state index in [0.29, 0.717) is 11.4 Å². The predicted molar refractivity (Wildman–Crippen MR) is 71.4 cm³/mol. The van der Waals surface area contributed by atoms with Gasteiger partial charge in [0, 0.05) is 10.6 Å². The second kappa shape index (κ2) is 5.35. The highest BCUT2D eigenvalue weighted by molar-refractivity contribution is 7.13. The van der Waals surface area contributed by atoms with Crippen molar-refractivity contribution >= 4 is 17.3 Å². The zero-order valence-corrected chi connectivity index (χ0v) is 11.3. The summed E-state index contributed by atoms with van der Waals surface area (Å²) in [5.41, 5.74) is 2.28. The third-order valence-electron chi connectivity index (χ3n) is 2.82. The lowest BCUT2D eigenvalue weighted by Crippen LogP contribution is -2.04. The Kier molecular flexibility index (Phi) is 3.81. The van der Waals surface area contributed by atoms with Gasteiger partial charge < -0.3 is 5.11 Å². The van der Waals surface area contributed by atoms with Gasteiger partial charge >= 0.3 is 5.97 Å². The summed E-state index contributed by atoms with van der Waals surface area (Å²) in [5, 5.41) is 13.4. The van der Waals surface area contributed by atoms with Crippen LogP contribution in [0.1, 0.15) is 39.8 Å². The van der Waals surface area contributed by atoms with Gasteiger partial charge in [-0.05, 0) is 31.0 Å². The molecule has 1 N–H and O–H groups in total. The molecule has 2 aromatic heterocycles. The molecular weight excluding hydrogens is 248 g/mol. The van der Waals surface area contributed by atoms with Crippen molar-refractivity contribution in [2.24, 2.45) is 0 Å². The van der Waals surface area contributed by atoms with Crippen LogP contribution in [0.15, 0.2) is 18.2 Å². The molecule has 4 nitrogen and oxygen atoms in total. The average molecular weight is 264 g/mol. The molecule has 0 saturated heterocycles. The fraction of sp³-hybridized carbons (Fsp3) is 0.385. The first-order valence-corrected chi connectivity index (χ1v) is 6.83.